The van der Waals surface area contributed by atoms with Crippen LogP contribution in [-0.4, -0.2) is 33.5 Å². The van der Waals surface area contributed by atoms with E-state index in [1.54, 1.807) is 12.1 Å². The molecule has 1 aliphatic rings. The van der Waals surface area contributed by atoms with Crippen molar-refractivity contribution in [1.82, 2.24) is 10.0 Å². The summed E-state index contributed by atoms with van der Waals surface area (Å²) < 4.78 is 32.1. The number of unbranched alkanes of at least 4 members (excludes halogenated alkanes) is 1. The van der Waals surface area contributed by atoms with Crippen LogP contribution in [0.2, 0.25) is 0 Å². The van der Waals surface area contributed by atoms with E-state index in [2.05, 4.69) is 10.0 Å². The third kappa shape index (κ3) is 5.79. The zero-order valence-electron chi connectivity index (χ0n) is 14.1. The summed E-state index contributed by atoms with van der Waals surface area (Å²) in [6, 6.07) is 6.37. The van der Waals surface area contributed by atoms with Gasteiger partial charge in [0.25, 0.3) is 5.91 Å². The molecule has 2 N–H and O–H groups in total. The molecule has 1 fully saturated rings. The molecule has 6 nitrogen and oxygen atoms in total. The van der Waals surface area contributed by atoms with Crippen molar-refractivity contribution in [3.63, 3.8) is 0 Å². The molecule has 1 aliphatic carbocycles. The van der Waals surface area contributed by atoms with E-state index in [0.29, 0.717) is 12.3 Å². The molecule has 2 rings (SSSR count). The van der Waals surface area contributed by atoms with Crippen molar-refractivity contribution >= 4 is 15.9 Å². The van der Waals surface area contributed by atoms with Crippen LogP contribution in [0.1, 0.15) is 45.4 Å². The Morgan fingerprint density at radius 1 is 1.21 bits per heavy atom. The molecule has 1 amide bonds. The van der Waals surface area contributed by atoms with Crippen LogP contribution in [0.4, 0.5) is 0 Å². The van der Waals surface area contributed by atoms with Crippen molar-refractivity contribution in [3.8, 4) is 5.75 Å². The summed E-state index contributed by atoms with van der Waals surface area (Å²) in [7, 11) is -3.48. The largest absolute Gasteiger partial charge is 0.484 e. The topological polar surface area (TPSA) is 84.5 Å². The van der Waals surface area contributed by atoms with E-state index >= 15 is 0 Å². The zero-order valence-corrected chi connectivity index (χ0v) is 14.9. The summed E-state index contributed by atoms with van der Waals surface area (Å²) >= 11 is 0. The van der Waals surface area contributed by atoms with Gasteiger partial charge in [-0.3, -0.25) is 4.79 Å². The molecule has 0 unspecified atom stereocenters. The average molecular weight is 354 g/mol. The maximum Gasteiger partial charge on any atom is 0.258 e. The van der Waals surface area contributed by atoms with Crippen LogP contribution in [0.15, 0.2) is 29.2 Å². The van der Waals surface area contributed by atoms with Crippen LogP contribution in [0.3, 0.4) is 0 Å². The highest BCUT2D eigenvalue weighted by atomic mass is 32.2. The van der Waals surface area contributed by atoms with Crippen molar-refractivity contribution in [2.24, 2.45) is 0 Å². The molecule has 134 valence electrons. The normalized spacial score (nSPS) is 15.4. The molecule has 0 spiro atoms. The first-order chi connectivity index (χ1) is 11.5. The van der Waals surface area contributed by atoms with Crippen molar-refractivity contribution in [2.75, 3.05) is 13.2 Å². The van der Waals surface area contributed by atoms with Gasteiger partial charge in [-0.25, -0.2) is 13.1 Å². The number of hydrogen-bond acceptors (Lipinski definition) is 4. The maximum absolute atomic E-state index is 12.1. The van der Waals surface area contributed by atoms with E-state index < -0.39 is 10.0 Å². The highest BCUT2D eigenvalue weighted by molar-refractivity contribution is 7.89. The lowest BCUT2D eigenvalue weighted by Gasteiger charge is -2.12. The van der Waals surface area contributed by atoms with E-state index in [9.17, 15) is 13.2 Å². The Labute approximate surface area is 144 Å². The fourth-order valence-corrected chi connectivity index (χ4v) is 3.74. The first-order valence-electron chi connectivity index (χ1n) is 8.53. The number of rotatable bonds is 9. The van der Waals surface area contributed by atoms with Crippen molar-refractivity contribution < 1.29 is 17.9 Å². The monoisotopic (exact) mass is 354 g/mol. The Morgan fingerprint density at radius 3 is 2.50 bits per heavy atom. The summed E-state index contributed by atoms with van der Waals surface area (Å²) in [5.74, 6) is 0.337. The second kappa shape index (κ2) is 9.03. The van der Waals surface area contributed by atoms with Gasteiger partial charge in [0, 0.05) is 12.6 Å². The predicted octanol–water partition coefficient (Wildman–Crippen LogP) is 2.20. The number of benzene rings is 1. The second-order valence-electron chi connectivity index (χ2n) is 6.06. The first-order valence-corrected chi connectivity index (χ1v) is 10.0. The molecule has 1 aromatic carbocycles. The second-order valence-corrected chi connectivity index (χ2v) is 7.83. The van der Waals surface area contributed by atoms with Gasteiger partial charge in [0.05, 0.1) is 4.90 Å². The number of hydrogen-bond donors (Lipinski definition) is 2. The summed E-state index contributed by atoms with van der Waals surface area (Å²) in [6.45, 7) is 2.37. The third-order valence-electron chi connectivity index (χ3n) is 4.05. The van der Waals surface area contributed by atoms with Crippen LogP contribution in [0.5, 0.6) is 5.75 Å². The lowest BCUT2D eigenvalue weighted by atomic mass is 10.2. The van der Waals surface area contributed by atoms with E-state index in [4.69, 9.17) is 4.74 Å². The number of amides is 1. The van der Waals surface area contributed by atoms with E-state index in [1.165, 1.54) is 12.1 Å². The van der Waals surface area contributed by atoms with Gasteiger partial charge in [-0.15, -0.1) is 0 Å². The van der Waals surface area contributed by atoms with Gasteiger partial charge < -0.3 is 10.1 Å². The number of sulfonamides is 1. The Morgan fingerprint density at radius 2 is 1.88 bits per heavy atom. The molecule has 0 aromatic heterocycles. The molecular weight excluding hydrogens is 328 g/mol. The number of carbonyl (C=O) groups excluding carboxylic acids is 1. The van der Waals surface area contributed by atoms with Crippen LogP contribution >= 0.6 is 0 Å². The number of carbonyl (C=O) groups is 1. The van der Waals surface area contributed by atoms with Crippen molar-refractivity contribution in [1.29, 1.82) is 0 Å². The third-order valence-corrected chi connectivity index (χ3v) is 5.52. The molecule has 0 radical (unpaired) electrons. The Balaban J connectivity index is 1.81. The minimum absolute atomic E-state index is 0.0582. The van der Waals surface area contributed by atoms with Crippen LogP contribution in [-0.2, 0) is 14.8 Å². The SMILES string of the molecule is CCCCNS(=O)(=O)c1ccc(OCC(=O)NC2CCCC2)cc1. The highest BCUT2D eigenvalue weighted by Crippen LogP contribution is 2.18. The minimum Gasteiger partial charge on any atom is -0.484 e. The Hall–Kier alpha value is -1.60. The van der Waals surface area contributed by atoms with E-state index in [0.717, 1.165) is 38.5 Å². The van der Waals surface area contributed by atoms with Gasteiger partial charge in [-0.05, 0) is 43.5 Å². The molecular formula is C17H26N2O4S. The van der Waals surface area contributed by atoms with Crippen molar-refractivity contribution in [3.05, 3.63) is 24.3 Å². The van der Waals surface area contributed by atoms with Crippen LogP contribution < -0.4 is 14.8 Å². The number of ether oxygens (including phenoxy) is 1. The summed E-state index contributed by atoms with van der Waals surface area (Å²) in [6.07, 6.45) is 6.11. The average Bonchev–Trinajstić information content (AvgIpc) is 3.06. The standard InChI is InChI=1S/C17H26N2O4S/c1-2-3-12-18-24(21,22)16-10-8-15(9-11-16)23-13-17(20)19-14-6-4-5-7-14/h8-11,14,18H,2-7,12-13H2,1H3,(H,19,20). The predicted molar refractivity (Wildman–Crippen MR) is 92.4 cm³/mol. The lowest BCUT2D eigenvalue weighted by Crippen LogP contribution is -2.36. The van der Waals surface area contributed by atoms with Gasteiger partial charge >= 0.3 is 0 Å². The van der Waals surface area contributed by atoms with E-state index in [-0.39, 0.29) is 23.5 Å². The maximum atomic E-state index is 12.1. The summed E-state index contributed by atoms with van der Waals surface area (Å²) in [5.41, 5.74) is 0. The smallest absolute Gasteiger partial charge is 0.258 e. The number of nitrogens with one attached hydrogen (secondary N) is 2. The molecule has 0 aliphatic heterocycles. The fraction of sp³-hybridized carbons (Fsp3) is 0.588. The van der Waals surface area contributed by atoms with Gasteiger partial charge in [0.2, 0.25) is 10.0 Å². The minimum atomic E-state index is -3.48. The van der Waals surface area contributed by atoms with Gasteiger partial charge in [0.1, 0.15) is 5.75 Å². The van der Waals surface area contributed by atoms with Crippen LogP contribution in [0, 0.1) is 0 Å². The van der Waals surface area contributed by atoms with Crippen LogP contribution in [0.25, 0.3) is 0 Å². The quantitative estimate of drug-likeness (QED) is 0.666. The summed E-state index contributed by atoms with van der Waals surface area (Å²) in [5, 5.41) is 2.94. The van der Waals surface area contributed by atoms with Gasteiger partial charge in [-0.1, -0.05) is 26.2 Å². The molecule has 1 aromatic rings. The molecule has 1 saturated carbocycles. The van der Waals surface area contributed by atoms with E-state index in [1.807, 2.05) is 6.92 Å². The molecule has 0 bridgehead atoms. The molecule has 24 heavy (non-hydrogen) atoms. The Bertz CT molecular complexity index is 622. The Kier molecular flexibility index (Phi) is 7.05. The van der Waals surface area contributed by atoms with Gasteiger partial charge in [-0.2, -0.15) is 0 Å². The summed E-state index contributed by atoms with van der Waals surface area (Å²) in [4.78, 5) is 12.0. The first kappa shape index (κ1) is 18.7. The highest BCUT2D eigenvalue weighted by Gasteiger charge is 2.17. The van der Waals surface area contributed by atoms with Crippen molar-refractivity contribution in [2.45, 2.75) is 56.4 Å². The molecule has 0 heterocycles. The zero-order chi connectivity index (χ0) is 17.4. The molecule has 0 saturated heterocycles. The fourth-order valence-electron chi connectivity index (χ4n) is 2.67. The lowest BCUT2D eigenvalue weighted by molar-refractivity contribution is -0.123. The van der Waals surface area contributed by atoms with Gasteiger partial charge in [0.15, 0.2) is 6.61 Å². The molecule has 7 heteroatoms. The molecule has 0 atom stereocenters.